The van der Waals surface area contributed by atoms with Gasteiger partial charge in [-0.15, -0.1) is 0 Å². The molecule has 0 aliphatic carbocycles. The maximum absolute atomic E-state index is 13.3. The van der Waals surface area contributed by atoms with Gasteiger partial charge in [0, 0.05) is 19.8 Å². The highest BCUT2D eigenvalue weighted by Gasteiger charge is 2.46. The number of hydrogen-bond donors (Lipinski definition) is 1. The normalized spacial score (nSPS) is 22.7. The van der Waals surface area contributed by atoms with Crippen LogP contribution >= 0.6 is 0 Å². The van der Waals surface area contributed by atoms with Crippen LogP contribution in [0.2, 0.25) is 0 Å². The van der Waals surface area contributed by atoms with Crippen molar-refractivity contribution in [3.63, 3.8) is 0 Å². The molecule has 1 aromatic heterocycles. The van der Waals surface area contributed by atoms with Gasteiger partial charge in [-0.2, -0.15) is 18.3 Å². The van der Waals surface area contributed by atoms with E-state index in [2.05, 4.69) is 10.2 Å². The van der Waals surface area contributed by atoms with Crippen LogP contribution in [0.1, 0.15) is 37.1 Å². The lowest BCUT2D eigenvalue weighted by Gasteiger charge is -2.37. The van der Waals surface area contributed by atoms with Crippen molar-refractivity contribution in [2.75, 3.05) is 26.1 Å². The molecule has 178 valence electrons. The number of nitrogens with one attached hydrogen (secondary N) is 1. The lowest BCUT2D eigenvalue weighted by Crippen LogP contribution is -2.42. The lowest BCUT2D eigenvalue weighted by atomic mass is 9.95. The van der Waals surface area contributed by atoms with Crippen molar-refractivity contribution in [2.24, 2.45) is 0 Å². The Morgan fingerprint density at radius 3 is 2.62 bits per heavy atom. The van der Waals surface area contributed by atoms with E-state index in [4.69, 9.17) is 9.47 Å². The summed E-state index contributed by atoms with van der Waals surface area (Å²) in [6.07, 6.45) is -5.53. The summed E-state index contributed by atoms with van der Waals surface area (Å²) < 4.78 is 99.3. The molecule has 3 rings (SSSR count). The number of aromatic nitrogens is 2. The summed E-state index contributed by atoms with van der Waals surface area (Å²) >= 11 is 0. The van der Waals surface area contributed by atoms with Crippen molar-refractivity contribution in [1.29, 1.82) is 0 Å². The highest BCUT2D eigenvalue weighted by Crippen LogP contribution is 2.42. The first kappa shape index (κ1) is 24.7. The van der Waals surface area contributed by atoms with Gasteiger partial charge >= 0.3 is 6.18 Å². The maximum atomic E-state index is 13.3. The first-order chi connectivity index (χ1) is 14.8. The molecule has 1 aliphatic rings. The molecule has 1 aromatic carbocycles. The Balaban J connectivity index is 1.88. The summed E-state index contributed by atoms with van der Waals surface area (Å²) in [5, 5.41) is 6.16. The number of ether oxygens (including phenoxy) is 2. The Morgan fingerprint density at radius 1 is 1.25 bits per heavy atom. The average Bonchev–Trinajstić information content (AvgIpc) is 3.23. The van der Waals surface area contributed by atoms with Gasteiger partial charge in [0.2, 0.25) is 0 Å². The molecule has 8 nitrogen and oxygen atoms in total. The minimum Gasteiger partial charge on any atom is -0.384 e. The molecule has 1 saturated heterocycles. The molecule has 2 atom stereocenters. The van der Waals surface area contributed by atoms with Crippen LogP contribution in [-0.4, -0.2) is 57.9 Å². The summed E-state index contributed by atoms with van der Waals surface area (Å²) in [7, 11) is -6.51. The van der Waals surface area contributed by atoms with E-state index in [1.807, 2.05) is 0 Å². The third kappa shape index (κ3) is 4.85. The Morgan fingerprint density at radius 2 is 1.97 bits per heavy atom. The van der Waals surface area contributed by atoms with E-state index in [0.29, 0.717) is 6.07 Å². The molecular weight excluding hydrogens is 473 g/mol. The summed E-state index contributed by atoms with van der Waals surface area (Å²) in [5.41, 5.74) is -0.781. The Hall–Kier alpha value is -1.96. The van der Waals surface area contributed by atoms with Gasteiger partial charge in [-0.25, -0.2) is 16.8 Å². The molecule has 1 fully saturated rings. The van der Waals surface area contributed by atoms with E-state index in [9.17, 15) is 30.0 Å². The minimum absolute atomic E-state index is 0.0161. The molecule has 1 N–H and O–H groups in total. The van der Waals surface area contributed by atoms with Gasteiger partial charge < -0.3 is 9.47 Å². The van der Waals surface area contributed by atoms with Crippen molar-refractivity contribution in [3.8, 4) is 0 Å². The zero-order valence-corrected chi connectivity index (χ0v) is 19.0. The van der Waals surface area contributed by atoms with E-state index in [1.165, 1.54) is 20.1 Å². The standard InChI is InChI=1S/C19H23F3N2O6S2/c1-18(32(27,28)14-5-3-4-13(10-14)19(20,21)22)6-7-30-16(12-18)15-11-17(24-23-15)31(25,26)9-8-29-2/h3-5,10-11,16H,6-9,12H2,1-2H3,(H,23,24). The molecule has 2 unspecified atom stereocenters. The van der Waals surface area contributed by atoms with E-state index in [1.54, 1.807) is 0 Å². The van der Waals surface area contributed by atoms with Gasteiger partial charge in [-0.1, -0.05) is 6.07 Å². The molecule has 0 radical (unpaired) electrons. The highest BCUT2D eigenvalue weighted by atomic mass is 32.2. The lowest BCUT2D eigenvalue weighted by molar-refractivity contribution is -0.137. The van der Waals surface area contributed by atoms with Crippen LogP contribution in [0.4, 0.5) is 13.2 Å². The van der Waals surface area contributed by atoms with Gasteiger partial charge in [0.15, 0.2) is 24.7 Å². The zero-order valence-electron chi connectivity index (χ0n) is 17.3. The monoisotopic (exact) mass is 496 g/mol. The predicted octanol–water partition coefficient (Wildman–Crippen LogP) is 2.93. The first-order valence-corrected chi connectivity index (χ1v) is 12.7. The number of alkyl halides is 3. The summed E-state index contributed by atoms with van der Waals surface area (Å²) in [6, 6.07) is 4.91. The second-order valence-corrected chi connectivity index (χ2v) is 12.3. The van der Waals surface area contributed by atoms with Crippen LogP contribution in [0.5, 0.6) is 0 Å². The quantitative estimate of drug-likeness (QED) is 0.627. The first-order valence-electron chi connectivity index (χ1n) is 9.61. The predicted molar refractivity (Wildman–Crippen MR) is 107 cm³/mol. The number of hydrogen-bond acceptors (Lipinski definition) is 7. The second kappa shape index (κ2) is 8.76. The zero-order chi connectivity index (χ0) is 23.8. The number of H-pyrrole nitrogens is 1. The summed E-state index contributed by atoms with van der Waals surface area (Å²) in [4.78, 5) is -0.428. The third-order valence-corrected chi connectivity index (χ3v) is 9.58. The Labute approximate surface area is 184 Å². The fourth-order valence-electron chi connectivity index (χ4n) is 3.48. The topological polar surface area (TPSA) is 115 Å². The fraction of sp³-hybridized carbons (Fsp3) is 0.526. The van der Waals surface area contributed by atoms with Gasteiger partial charge in [0.1, 0.15) is 6.10 Å². The third-order valence-electron chi connectivity index (χ3n) is 5.48. The molecule has 0 spiro atoms. The highest BCUT2D eigenvalue weighted by molar-refractivity contribution is 7.92. The smallest absolute Gasteiger partial charge is 0.384 e. The van der Waals surface area contributed by atoms with Crippen molar-refractivity contribution >= 4 is 19.7 Å². The van der Waals surface area contributed by atoms with Crippen LogP contribution in [0.25, 0.3) is 0 Å². The van der Waals surface area contributed by atoms with Crippen molar-refractivity contribution in [2.45, 2.75) is 46.7 Å². The van der Waals surface area contributed by atoms with E-state index < -0.39 is 47.2 Å². The molecule has 1 aliphatic heterocycles. The SMILES string of the molecule is COCCS(=O)(=O)c1cc(C2CC(C)(S(=O)(=O)c3cccc(C(F)(F)F)c3)CCO2)[nH]n1. The number of nitrogens with zero attached hydrogens (tertiary/aromatic N) is 1. The number of sulfone groups is 2. The fourth-order valence-corrected chi connectivity index (χ4v) is 6.40. The van der Waals surface area contributed by atoms with E-state index in [0.717, 1.165) is 18.2 Å². The van der Waals surface area contributed by atoms with Gasteiger partial charge in [0.05, 0.1) is 33.3 Å². The molecule has 0 bridgehead atoms. The van der Waals surface area contributed by atoms with Gasteiger partial charge in [-0.05, 0) is 38.0 Å². The minimum atomic E-state index is -4.68. The van der Waals surface area contributed by atoms with Gasteiger partial charge in [0.25, 0.3) is 0 Å². The van der Waals surface area contributed by atoms with Crippen molar-refractivity contribution in [1.82, 2.24) is 10.2 Å². The van der Waals surface area contributed by atoms with Crippen LogP contribution in [0.3, 0.4) is 0 Å². The Bertz CT molecular complexity index is 1180. The van der Waals surface area contributed by atoms with Gasteiger partial charge in [-0.3, -0.25) is 5.10 Å². The summed E-state index contributed by atoms with van der Waals surface area (Å²) in [5.74, 6) is -0.277. The average molecular weight is 497 g/mol. The summed E-state index contributed by atoms with van der Waals surface area (Å²) in [6.45, 7) is 1.45. The van der Waals surface area contributed by atoms with Crippen LogP contribution < -0.4 is 0 Å². The molecule has 32 heavy (non-hydrogen) atoms. The molecule has 0 saturated carbocycles. The van der Waals surface area contributed by atoms with Crippen LogP contribution in [-0.2, 0) is 35.3 Å². The number of aromatic amines is 1. The number of rotatable bonds is 7. The largest absolute Gasteiger partial charge is 0.416 e. The molecule has 13 heteroatoms. The molecular formula is C19H23F3N2O6S2. The van der Waals surface area contributed by atoms with Crippen molar-refractivity contribution < 1.29 is 39.5 Å². The van der Waals surface area contributed by atoms with Crippen LogP contribution in [0, 0.1) is 0 Å². The number of halogens is 3. The Kier molecular flexibility index (Phi) is 6.76. The van der Waals surface area contributed by atoms with E-state index in [-0.39, 0.29) is 42.5 Å². The molecule has 2 aromatic rings. The molecule has 0 amide bonds. The molecule has 2 heterocycles. The second-order valence-electron chi connectivity index (χ2n) is 7.77. The van der Waals surface area contributed by atoms with Crippen molar-refractivity contribution in [3.05, 3.63) is 41.6 Å². The van der Waals surface area contributed by atoms with E-state index >= 15 is 0 Å². The van der Waals surface area contributed by atoms with Crippen LogP contribution in [0.15, 0.2) is 40.3 Å². The number of benzene rings is 1. The number of methoxy groups -OCH3 is 1. The maximum Gasteiger partial charge on any atom is 0.416 e.